The molecular weight excluding hydrogens is 146 g/mol. The maximum Gasteiger partial charge on any atom is 0.118 e. The molecule has 0 aromatic carbocycles. The molecule has 0 amide bonds. The number of hydrogen-bond acceptors (Lipinski definition) is 1. The third-order valence-corrected chi connectivity index (χ3v) is 1.53. The summed E-state index contributed by atoms with van der Waals surface area (Å²) in [6, 6.07) is 0. The number of allylic oxidation sites excluding steroid dienone is 5. The Kier molecular flexibility index (Phi) is 2.23. The van der Waals surface area contributed by atoms with Gasteiger partial charge >= 0.3 is 0 Å². The highest BCUT2D eigenvalue weighted by Crippen LogP contribution is 2.15. The molecule has 10 heavy (non-hydrogen) atoms. The van der Waals surface area contributed by atoms with E-state index < -0.39 is 0 Å². The van der Waals surface area contributed by atoms with Crippen LogP contribution in [0, 0.1) is 0 Å². The van der Waals surface area contributed by atoms with Crippen molar-refractivity contribution < 1.29 is 5.11 Å². The SMILES string of the molecule is [B]C1=C(O)CC=C(Cl)C=C1. The van der Waals surface area contributed by atoms with Crippen LogP contribution in [-0.4, -0.2) is 13.0 Å². The van der Waals surface area contributed by atoms with E-state index in [-0.39, 0.29) is 5.76 Å². The normalized spacial score (nSPS) is 18.7. The summed E-state index contributed by atoms with van der Waals surface area (Å²) in [5, 5.41) is 9.68. The van der Waals surface area contributed by atoms with Crippen molar-refractivity contribution in [1.82, 2.24) is 0 Å². The van der Waals surface area contributed by atoms with E-state index in [9.17, 15) is 0 Å². The highest BCUT2D eigenvalue weighted by atomic mass is 35.5. The van der Waals surface area contributed by atoms with Crippen molar-refractivity contribution in [2.75, 3.05) is 0 Å². The van der Waals surface area contributed by atoms with Gasteiger partial charge < -0.3 is 5.11 Å². The predicted molar refractivity (Wildman–Crippen MR) is 43.1 cm³/mol. The van der Waals surface area contributed by atoms with Crippen molar-refractivity contribution in [3.05, 3.63) is 34.5 Å². The fourth-order valence-electron chi connectivity index (χ4n) is 0.646. The minimum atomic E-state index is 0.173. The molecule has 50 valence electrons. The van der Waals surface area contributed by atoms with Gasteiger partial charge in [0.25, 0.3) is 0 Å². The zero-order chi connectivity index (χ0) is 7.56. The van der Waals surface area contributed by atoms with Crippen molar-refractivity contribution in [3.63, 3.8) is 0 Å². The molecule has 0 spiro atoms. The molecule has 0 aromatic heterocycles. The average molecular weight is 152 g/mol. The second kappa shape index (κ2) is 2.97. The predicted octanol–water partition coefficient (Wildman–Crippen LogP) is 2.01. The minimum Gasteiger partial charge on any atom is -0.513 e. The summed E-state index contributed by atoms with van der Waals surface area (Å²) in [4.78, 5) is 0. The van der Waals surface area contributed by atoms with Crippen LogP contribution in [0.5, 0.6) is 0 Å². The molecule has 0 aromatic rings. The van der Waals surface area contributed by atoms with E-state index in [1.165, 1.54) is 0 Å². The third kappa shape index (κ3) is 1.68. The van der Waals surface area contributed by atoms with Gasteiger partial charge in [-0.2, -0.15) is 0 Å². The molecule has 0 unspecified atom stereocenters. The van der Waals surface area contributed by atoms with E-state index in [0.29, 0.717) is 16.9 Å². The number of hydrogen-bond donors (Lipinski definition) is 1. The fourth-order valence-corrected chi connectivity index (χ4v) is 0.786. The Balaban J connectivity index is 2.89. The standard InChI is InChI=1S/C7H6BClO/c8-6-3-1-5(9)2-4-7(6)10/h1-3,10H,4H2. The van der Waals surface area contributed by atoms with E-state index >= 15 is 0 Å². The molecule has 0 bridgehead atoms. The third-order valence-electron chi connectivity index (χ3n) is 1.25. The van der Waals surface area contributed by atoms with Crippen molar-refractivity contribution in [1.29, 1.82) is 0 Å². The molecule has 0 saturated carbocycles. The maximum atomic E-state index is 9.08. The second-order valence-corrected chi connectivity index (χ2v) is 2.46. The lowest BCUT2D eigenvalue weighted by atomic mass is 9.94. The van der Waals surface area contributed by atoms with Gasteiger partial charge in [-0.1, -0.05) is 29.2 Å². The van der Waals surface area contributed by atoms with Crippen LogP contribution < -0.4 is 0 Å². The first-order valence-corrected chi connectivity index (χ1v) is 3.29. The van der Waals surface area contributed by atoms with Crippen LogP contribution in [0.1, 0.15) is 6.42 Å². The molecule has 1 nitrogen and oxygen atoms in total. The Morgan fingerprint density at radius 1 is 1.50 bits per heavy atom. The van der Waals surface area contributed by atoms with Gasteiger partial charge in [0.15, 0.2) is 0 Å². The highest BCUT2D eigenvalue weighted by Gasteiger charge is 1.99. The lowest BCUT2D eigenvalue weighted by Crippen LogP contribution is -1.84. The van der Waals surface area contributed by atoms with Crippen molar-refractivity contribution in [2.45, 2.75) is 6.42 Å². The van der Waals surface area contributed by atoms with Crippen molar-refractivity contribution in [2.24, 2.45) is 0 Å². The van der Waals surface area contributed by atoms with Crippen LogP contribution in [-0.2, 0) is 0 Å². The Bertz CT molecular complexity index is 228. The molecule has 0 aliphatic heterocycles. The molecule has 0 heterocycles. The van der Waals surface area contributed by atoms with Crippen molar-refractivity contribution >= 4 is 19.4 Å². The Morgan fingerprint density at radius 2 is 2.20 bits per heavy atom. The zero-order valence-electron chi connectivity index (χ0n) is 5.34. The van der Waals surface area contributed by atoms with E-state index in [1.807, 2.05) is 0 Å². The quantitative estimate of drug-likeness (QED) is 0.527. The summed E-state index contributed by atoms with van der Waals surface area (Å²) >= 11 is 5.63. The van der Waals surface area contributed by atoms with E-state index in [4.69, 9.17) is 24.6 Å². The zero-order valence-corrected chi connectivity index (χ0v) is 6.10. The second-order valence-electron chi connectivity index (χ2n) is 2.03. The van der Waals surface area contributed by atoms with Gasteiger partial charge in [0.1, 0.15) is 7.85 Å². The van der Waals surface area contributed by atoms with Crippen LogP contribution in [0.2, 0.25) is 0 Å². The number of aliphatic hydroxyl groups is 1. The molecule has 1 rings (SSSR count). The minimum absolute atomic E-state index is 0.173. The van der Waals surface area contributed by atoms with E-state index in [0.717, 1.165) is 0 Å². The summed E-state index contributed by atoms with van der Waals surface area (Å²) in [6.07, 6.45) is 5.35. The lowest BCUT2D eigenvalue weighted by Gasteiger charge is -1.95. The highest BCUT2D eigenvalue weighted by molar-refractivity contribution is 6.31. The maximum absolute atomic E-state index is 9.08. The number of aliphatic hydroxyl groups excluding tert-OH is 1. The average Bonchev–Trinajstić information content (AvgIpc) is 2.04. The number of rotatable bonds is 0. The van der Waals surface area contributed by atoms with Crippen LogP contribution in [0.4, 0.5) is 0 Å². The van der Waals surface area contributed by atoms with Crippen LogP contribution in [0.15, 0.2) is 34.5 Å². The topological polar surface area (TPSA) is 20.2 Å². The first-order chi connectivity index (χ1) is 4.70. The summed E-state index contributed by atoms with van der Waals surface area (Å²) in [7, 11) is 5.39. The molecule has 0 atom stereocenters. The molecule has 1 N–H and O–H groups in total. The fraction of sp³-hybridized carbons (Fsp3) is 0.143. The smallest absolute Gasteiger partial charge is 0.118 e. The molecule has 3 heteroatoms. The first-order valence-electron chi connectivity index (χ1n) is 2.91. The Labute approximate surface area is 66.1 Å². The Morgan fingerprint density at radius 3 is 2.90 bits per heavy atom. The molecule has 0 fully saturated rings. The number of halogens is 1. The summed E-state index contributed by atoms with van der Waals surface area (Å²) in [6.45, 7) is 0. The van der Waals surface area contributed by atoms with Crippen molar-refractivity contribution in [3.8, 4) is 0 Å². The van der Waals surface area contributed by atoms with Gasteiger partial charge in [0.2, 0.25) is 0 Å². The van der Waals surface area contributed by atoms with E-state index in [1.54, 1.807) is 18.2 Å². The van der Waals surface area contributed by atoms with Gasteiger partial charge in [-0.05, 0) is 6.08 Å². The van der Waals surface area contributed by atoms with Crippen LogP contribution in [0.3, 0.4) is 0 Å². The monoisotopic (exact) mass is 152 g/mol. The van der Waals surface area contributed by atoms with Gasteiger partial charge in [0.05, 0.1) is 5.76 Å². The molecule has 0 saturated heterocycles. The summed E-state index contributed by atoms with van der Waals surface area (Å²) < 4.78 is 0. The molecule has 2 radical (unpaired) electrons. The summed E-state index contributed by atoms with van der Waals surface area (Å²) in [5.74, 6) is 0.173. The lowest BCUT2D eigenvalue weighted by molar-refractivity contribution is 0.400. The summed E-state index contributed by atoms with van der Waals surface area (Å²) in [5.41, 5.74) is 0.381. The van der Waals surface area contributed by atoms with Crippen LogP contribution >= 0.6 is 11.6 Å². The molecule has 1 aliphatic rings. The van der Waals surface area contributed by atoms with Gasteiger partial charge in [-0.25, -0.2) is 0 Å². The Hall–Kier alpha value is -0.625. The van der Waals surface area contributed by atoms with Crippen LogP contribution in [0.25, 0.3) is 0 Å². The van der Waals surface area contributed by atoms with Gasteiger partial charge in [-0.3, -0.25) is 0 Å². The largest absolute Gasteiger partial charge is 0.513 e. The molecular formula is C7H6BClO. The van der Waals surface area contributed by atoms with Gasteiger partial charge in [-0.15, -0.1) is 0 Å². The van der Waals surface area contributed by atoms with E-state index in [2.05, 4.69) is 0 Å². The van der Waals surface area contributed by atoms with Gasteiger partial charge in [0, 0.05) is 11.5 Å². The molecule has 1 aliphatic carbocycles. The first kappa shape index (κ1) is 7.48.